The van der Waals surface area contributed by atoms with E-state index in [1.165, 1.54) is 16.9 Å². The molecule has 1 aromatic rings. The molecule has 0 saturated heterocycles. The summed E-state index contributed by atoms with van der Waals surface area (Å²) in [5.74, 6) is 1.41. The molecule has 0 fully saturated rings. The topological polar surface area (TPSA) is 0 Å². The molecule has 0 nitrogen and oxygen atoms in total. The number of hydrogen-bond donors (Lipinski definition) is 0. The second kappa shape index (κ2) is 2.98. The van der Waals surface area contributed by atoms with Gasteiger partial charge in [-0.05, 0) is 34.8 Å². The molecule has 0 heteroatoms. The van der Waals surface area contributed by atoms with Crippen LogP contribution in [0, 0.1) is 11.8 Å². The van der Waals surface area contributed by atoms with Gasteiger partial charge in [0, 0.05) is 5.92 Å². The van der Waals surface area contributed by atoms with Crippen molar-refractivity contribution in [3.8, 4) is 0 Å². The molecular formula is C16H14. The summed E-state index contributed by atoms with van der Waals surface area (Å²) in [5, 5.41) is 2.98. The van der Waals surface area contributed by atoms with Gasteiger partial charge < -0.3 is 0 Å². The summed E-state index contributed by atoms with van der Waals surface area (Å²) >= 11 is 0. The van der Waals surface area contributed by atoms with E-state index < -0.39 is 0 Å². The van der Waals surface area contributed by atoms with E-state index >= 15 is 0 Å². The van der Waals surface area contributed by atoms with Crippen molar-refractivity contribution in [1.82, 2.24) is 0 Å². The largest absolute Gasteiger partial charge is 0.0841 e. The number of rotatable bonds is 0. The minimum absolute atomic E-state index is 0.687. The van der Waals surface area contributed by atoms with Crippen molar-refractivity contribution in [2.75, 3.05) is 0 Å². The Morgan fingerprint density at radius 3 is 2.81 bits per heavy atom. The van der Waals surface area contributed by atoms with Gasteiger partial charge in [-0.25, -0.2) is 0 Å². The first kappa shape index (κ1) is 8.58. The van der Waals surface area contributed by atoms with Crippen LogP contribution in [0.25, 0.3) is 11.1 Å². The number of allylic oxidation sites excluding steroid dienone is 4. The van der Waals surface area contributed by atoms with Gasteiger partial charge >= 0.3 is 0 Å². The zero-order valence-electron chi connectivity index (χ0n) is 9.19. The highest BCUT2D eigenvalue weighted by Gasteiger charge is 2.33. The SMILES string of the molecule is C1=CC2CC=CC3=c4ccccc4=C(C1)C32. The van der Waals surface area contributed by atoms with Crippen molar-refractivity contribution < 1.29 is 0 Å². The maximum absolute atomic E-state index is 2.42. The molecular weight excluding hydrogens is 192 g/mol. The van der Waals surface area contributed by atoms with E-state index in [4.69, 9.17) is 0 Å². The Morgan fingerprint density at radius 2 is 1.88 bits per heavy atom. The molecule has 0 N–H and O–H groups in total. The predicted octanol–water partition coefficient (Wildman–Crippen LogP) is 2.15. The van der Waals surface area contributed by atoms with Crippen LogP contribution in [0.1, 0.15) is 12.8 Å². The van der Waals surface area contributed by atoms with Crippen LogP contribution in [0.5, 0.6) is 0 Å². The van der Waals surface area contributed by atoms with E-state index in [0.717, 1.165) is 12.3 Å². The third-order valence-electron chi connectivity index (χ3n) is 4.15. The number of fused-ring (bicyclic) bond motifs is 1. The van der Waals surface area contributed by atoms with Gasteiger partial charge in [0.1, 0.15) is 0 Å². The van der Waals surface area contributed by atoms with Crippen molar-refractivity contribution in [1.29, 1.82) is 0 Å². The molecule has 16 heavy (non-hydrogen) atoms. The highest BCUT2D eigenvalue weighted by molar-refractivity contribution is 5.79. The molecule has 0 heterocycles. The lowest BCUT2D eigenvalue weighted by Crippen LogP contribution is -2.23. The Hall–Kier alpha value is -1.56. The minimum atomic E-state index is 0.687. The smallest absolute Gasteiger partial charge is 0.0132 e. The van der Waals surface area contributed by atoms with Gasteiger partial charge in [0.2, 0.25) is 0 Å². The van der Waals surface area contributed by atoms with Gasteiger partial charge in [-0.15, -0.1) is 0 Å². The van der Waals surface area contributed by atoms with Crippen molar-refractivity contribution in [3.05, 3.63) is 59.0 Å². The zero-order valence-corrected chi connectivity index (χ0v) is 9.19. The summed E-state index contributed by atoms with van der Waals surface area (Å²) in [5.41, 5.74) is 3.22. The summed E-state index contributed by atoms with van der Waals surface area (Å²) in [6.07, 6.45) is 11.8. The van der Waals surface area contributed by atoms with Gasteiger partial charge in [-0.1, -0.05) is 54.1 Å². The lowest BCUT2D eigenvalue weighted by molar-refractivity contribution is 0.561. The zero-order chi connectivity index (χ0) is 10.5. The van der Waals surface area contributed by atoms with Crippen molar-refractivity contribution in [2.45, 2.75) is 12.8 Å². The van der Waals surface area contributed by atoms with E-state index in [0.29, 0.717) is 5.92 Å². The van der Waals surface area contributed by atoms with Gasteiger partial charge in [0.05, 0.1) is 0 Å². The molecule has 3 aliphatic carbocycles. The molecule has 0 bridgehead atoms. The Kier molecular flexibility index (Phi) is 1.59. The maximum Gasteiger partial charge on any atom is 0.0132 e. The standard InChI is InChI=1S/C16H14/c1-2-8-13-12(7-1)14-9-3-5-11-6-4-10-15(13)16(11)14/h1-5,7-8,10-11,16H,6,9H2. The molecule has 2 atom stereocenters. The van der Waals surface area contributed by atoms with Gasteiger partial charge in [0.15, 0.2) is 0 Å². The normalized spacial score (nSPS) is 29.2. The van der Waals surface area contributed by atoms with Crippen LogP contribution in [-0.4, -0.2) is 0 Å². The van der Waals surface area contributed by atoms with E-state index in [-0.39, 0.29) is 0 Å². The second-order valence-corrected chi connectivity index (χ2v) is 4.94. The molecule has 1 aromatic carbocycles. The summed E-state index contributed by atoms with van der Waals surface area (Å²) < 4.78 is 0. The van der Waals surface area contributed by atoms with Crippen LogP contribution in [0.15, 0.2) is 48.6 Å². The molecule has 78 valence electrons. The third kappa shape index (κ3) is 0.948. The summed E-state index contributed by atoms with van der Waals surface area (Å²) in [6.45, 7) is 0. The molecule has 0 aliphatic heterocycles. The molecule has 0 aromatic heterocycles. The van der Waals surface area contributed by atoms with E-state index in [1.807, 2.05) is 0 Å². The Labute approximate surface area is 95.3 Å². The average molecular weight is 206 g/mol. The summed E-state index contributed by atoms with van der Waals surface area (Å²) in [6, 6.07) is 8.90. The first-order valence-corrected chi connectivity index (χ1v) is 6.11. The first-order chi connectivity index (χ1) is 7.95. The van der Waals surface area contributed by atoms with Gasteiger partial charge in [-0.3, -0.25) is 0 Å². The molecule has 0 amide bonds. The van der Waals surface area contributed by atoms with Crippen LogP contribution in [0.3, 0.4) is 0 Å². The van der Waals surface area contributed by atoms with E-state index in [1.54, 1.807) is 11.1 Å². The van der Waals surface area contributed by atoms with Crippen LogP contribution < -0.4 is 10.4 Å². The van der Waals surface area contributed by atoms with E-state index in [9.17, 15) is 0 Å². The monoisotopic (exact) mass is 206 g/mol. The van der Waals surface area contributed by atoms with Crippen LogP contribution >= 0.6 is 0 Å². The molecule has 4 rings (SSSR count). The molecule has 0 radical (unpaired) electrons. The van der Waals surface area contributed by atoms with Gasteiger partial charge in [0.25, 0.3) is 0 Å². The number of benzene rings is 1. The Morgan fingerprint density at radius 1 is 1.00 bits per heavy atom. The minimum Gasteiger partial charge on any atom is -0.0841 e. The Balaban J connectivity index is 2.17. The fourth-order valence-corrected chi connectivity index (χ4v) is 3.50. The van der Waals surface area contributed by atoms with Crippen molar-refractivity contribution in [2.24, 2.45) is 11.8 Å². The quantitative estimate of drug-likeness (QED) is 0.571. The molecule has 3 aliphatic rings. The third-order valence-corrected chi connectivity index (χ3v) is 4.15. The van der Waals surface area contributed by atoms with Crippen LogP contribution in [-0.2, 0) is 0 Å². The van der Waals surface area contributed by atoms with Gasteiger partial charge in [-0.2, -0.15) is 0 Å². The second-order valence-electron chi connectivity index (χ2n) is 4.94. The summed E-state index contributed by atoms with van der Waals surface area (Å²) in [4.78, 5) is 0. The highest BCUT2D eigenvalue weighted by atomic mass is 14.4. The van der Waals surface area contributed by atoms with E-state index in [2.05, 4.69) is 48.6 Å². The lowest BCUT2D eigenvalue weighted by Gasteiger charge is -2.30. The Bertz CT molecular complexity index is 628. The molecule has 2 unspecified atom stereocenters. The molecule has 0 saturated carbocycles. The van der Waals surface area contributed by atoms with Crippen molar-refractivity contribution in [3.63, 3.8) is 0 Å². The lowest BCUT2D eigenvalue weighted by atomic mass is 9.73. The average Bonchev–Trinajstić information content (AvgIpc) is 2.68. The van der Waals surface area contributed by atoms with Crippen molar-refractivity contribution >= 4 is 11.1 Å². The van der Waals surface area contributed by atoms with Crippen LogP contribution in [0.2, 0.25) is 0 Å². The van der Waals surface area contributed by atoms with Crippen LogP contribution in [0.4, 0.5) is 0 Å². The fourth-order valence-electron chi connectivity index (χ4n) is 3.50. The first-order valence-electron chi connectivity index (χ1n) is 6.11. The predicted molar refractivity (Wildman–Crippen MR) is 67.0 cm³/mol. The molecule has 0 spiro atoms. The summed E-state index contributed by atoms with van der Waals surface area (Å²) in [7, 11) is 0. The fraction of sp³-hybridized carbons (Fsp3) is 0.250. The number of hydrogen-bond acceptors (Lipinski definition) is 0. The maximum atomic E-state index is 2.42. The highest BCUT2D eigenvalue weighted by Crippen LogP contribution is 2.42.